The molecule has 0 atom stereocenters. The fourth-order valence-electron chi connectivity index (χ4n) is 4.95. The zero-order valence-corrected chi connectivity index (χ0v) is 19.3. The molecule has 33 heavy (non-hydrogen) atoms. The van der Waals surface area contributed by atoms with Crippen molar-refractivity contribution >= 4 is 39.6 Å². The second-order valence-electron chi connectivity index (χ2n) is 9.11. The number of halogens is 1. The molecule has 0 radical (unpaired) electrons. The third kappa shape index (κ3) is 3.59. The standard InChI is InChI=1S/C23H26ClN7O2/c1-14-4-8-29(9-5-14)20-19-21(31(23(32)26-19)16-6-10-33-11-7-16)28-22(27-20)30-13-25-17-3-2-15(24)12-18(17)30/h2-3,12-14,16H,4-11H2,1H3,(H,26,32). The zero-order valence-electron chi connectivity index (χ0n) is 18.5. The first kappa shape index (κ1) is 20.7. The highest BCUT2D eigenvalue weighted by Crippen LogP contribution is 2.31. The van der Waals surface area contributed by atoms with Gasteiger partial charge >= 0.3 is 5.69 Å². The Bertz CT molecular complexity index is 1380. The maximum absolute atomic E-state index is 13.1. The van der Waals surface area contributed by atoms with Crippen LogP contribution in [-0.2, 0) is 4.74 Å². The van der Waals surface area contributed by atoms with E-state index in [0.717, 1.165) is 55.6 Å². The number of nitrogens with zero attached hydrogens (tertiary/aromatic N) is 6. The van der Waals surface area contributed by atoms with Crippen LogP contribution in [-0.4, -0.2) is 55.4 Å². The van der Waals surface area contributed by atoms with Crippen molar-refractivity contribution in [2.45, 2.75) is 38.6 Å². The van der Waals surface area contributed by atoms with E-state index >= 15 is 0 Å². The molecule has 0 aliphatic carbocycles. The molecule has 2 fully saturated rings. The van der Waals surface area contributed by atoms with Gasteiger partial charge in [0.15, 0.2) is 11.5 Å². The number of hydrogen-bond acceptors (Lipinski definition) is 6. The predicted molar refractivity (Wildman–Crippen MR) is 127 cm³/mol. The first-order chi connectivity index (χ1) is 16.1. The van der Waals surface area contributed by atoms with Gasteiger partial charge in [-0.15, -0.1) is 0 Å². The second kappa shape index (κ2) is 8.14. The fourth-order valence-corrected chi connectivity index (χ4v) is 5.12. The topological polar surface area (TPSA) is 93.9 Å². The molecule has 2 aliphatic rings. The number of H-pyrrole nitrogens is 1. The molecule has 10 heteroatoms. The molecule has 172 valence electrons. The minimum atomic E-state index is -0.145. The van der Waals surface area contributed by atoms with Gasteiger partial charge in [0.25, 0.3) is 0 Å². The summed E-state index contributed by atoms with van der Waals surface area (Å²) in [6.45, 7) is 5.36. The van der Waals surface area contributed by atoms with Crippen molar-refractivity contribution in [3.8, 4) is 5.95 Å². The molecule has 0 bridgehead atoms. The van der Waals surface area contributed by atoms with Gasteiger partial charge in [-0.1, -0.05) is 18.5 Å². The third-order valence-corrected chi connectivity index (χ3v) is 7.14. The monoisotopic (exact) mass is 467 g/mol. The van der Waals surface area contributed by atoms with Gasteiger partial charge in [0, 0.05) is 37.4 Å². The van der Waals surface area contributed by atoms with E-state index in [1.54, 1.807) is 10.9 Å². The normalized spacial score (nSPS) is 18.5. The molecule has 0 amide bonds. The first-order valence-corrected chi connectivity index (χ1v) is 11.9. The number of aromatic nitrogens is 6. The van der Waals surface area contributed by atoms with E-state index in [2.05, 4.69) is 21.8 Å². The highest BCUT2D eigenvalue weighted by Gasteiger charge is 2.27. The van der Waals surface area contributed by atoms with Gasteiger partial charge in [0.1, 0.15) is 11.8 Å². The van der Waals surface area contributed by atoms with E-state index in [9.17, 15) is 4.79 Å². The van der Waals surface area contributed by atoms with Crippen molar-refractivity contribution in [1.29, 1.82) is 0 Å². The van der Waals surface area contributed by atoms with E-state index < -0.39 is 0 Å². The van der Waals surface area contributed by atoms with Gasteiger partial charge < -0.3 is 14.6 Å². The van der Waals surface area contributed by atoms with Crippen molar-refractivity contribution in [2.75, 3.05) is 31.2 Å². The third-order valence-electron chi connectivity index (χ3n) is 6.90. The van der Waals surface area contributed by atoms with Gasteiger partial charge in [-0.2, -0.15) is 9.97 Å². The Balaban J connectivity index is 1.57. The summed E-state index contributed by atoms with van der Waals surface area (Å²) < 4.78 is 9.18. The highest BCUT2D eigenvalue weighted by molar-refractivity contribution is 6.31. The minimum absolute atomic E-state index is 0.0472. The van der Waals surface area contributed by atoms with Crippen LogP contribution in [0.4, 0.5) is 5.82 Å². The Hall–Kier alpha value is -2.91. The lowest BCUT2D eigenvalue weighted by Crippen LogP contribution is -2.34. The number of imidazole rings is 2. The van der Waals surface area contributed by atoms with E-state index in [1.807, 2.05) is 22.8 Å². The van der Waals surface area contributed by atoms with Crippen molar-refractivity contribution in [1.82, 2.24) is 29.1 Å². The van der Waals surface area contributed by atoms with Gasteiger partial charge in [-0.25, -0.2) is 9.78 Å². The average molecular weight is 468 g/mol. The Labute approximate surface area is 195 Å². The van der Waals surface area contributed by atoms with Crippen LogP contribution in [0.25, 0.3) is 28.1 Å². The number of rotatable bonds is 3. The van der Waals surface area contributed by atoms with E-state index in [1.165, 1.54) is 0 Å². The molecule has 2 aliphatic heterocycles. The number of aromatic amines is 1. The van der Waals surface area contributed by atoms with E-state index in [-0.39, 0.29) is 11.7 Å². The highest BCUT2D eigenvalue weighted by atomic mass is 35.5. The van der Waals surface area contributed by atoms with Crippen molar-refractivity contribution in [2.24, 2.45) is 5.92 Å². The summed E-state index contributed by atoms with van der Waals surface area (Å²) in [5, 5.41) is 0.622. The summed E-state index contributed by atoms with van der Waals surface area (Å²) in [4.78, 5) is 32.8. The maximum Gasteiger partial charge on any atom is 0.328 e. The smallest absolute Gasteiger partial charge is 0.328 e. The summed E-state index contributed by atoms with van der Waals surface area (Å²) in [5.74, 6) is 1.94. The van der Waals surface area contributed by atoms with Crippen LogP contribution in [0.1, 0.15) is 38.6 Å². The number of benzene rings is 1. The summed E-state index contributed by atoms with van der Waals surface area (Å²) in [5.41, 5.74) is 2.83. The molecule has 6 rings (SSSR count). The molecule has 1 aromatic carbocycles. The van der Waals surface area contributed by atoms with Crippen LogP contribution >= 0.6 is 11.6 Å². The predicted octanol–water partition coefficient (Wildman–Crippen LogP) is 3.70. The van der Waals surface area contributed by atoms with Crippen LogP contribution in [0, 0.1) is 5.92 Å². The quantitative estimate of drug-likeness (QED) is 0.493. The molecular formula is C23H26ClN7O2. The maximum atomic E-state index is 13.1. The Morgan fingerprint density at radius 2 is 1.91 bits per heavy atom. The van der Waals surface area contributed by atoms with Crippen molar-refractivity contribution in [3.63, 3.8) is 0 Å². The Morgan fingerprint density at radius 1 is 1.12 bits per heavy atom. The molecule has 1 N–H and O–H groups in total. The molecule has 9 nitrogen and oxygen atoms in total. The van der Waals surface area contributed by atoms with Crippen LogP contribution in [0.15, 0.2) is 29.3 Å². The molecule has 0 unspecified atom stereocenters. The number of piperidine rings is 1. The molecule has 3 aromatic heterocycles. The van der Waals surface area contributed by atoms with Gasteiger partial charge in [0.05, 0.1) is 11.0 Å². The van der Waals surface area contributed by atoms with Gasteiger partial charge in [-0.05, 0) is 49.8 Å². The molecular weight excluding hydrogens is 442 g/mol. The van der Waals surface area contributed by atoms with E-state index in [4.69, 9.17) is 26.3 Å². The van der Waals surface area contributed by atoms with Crippen molar-refractivity contribution in [3.05, 3.63) is 40.0 Å². The molecule has 4 aromatic rings. The molecule has 0 saturated carbocycles. The van der Waals surface area contributed by atoms with Gasteiger partial charge in [-0.3, -0.25) is 9.13 Å². The summed E-state index contributed by atoms with van der Waals surface area (Å²) in [6, 6.07) is 5.61. The van der Waals surface area contributed by atoms with Crippen LogP contribution in [0.2, 0.25) is 5.02 Å². The number of ether oxygens (including phenoxy) is 1. The zero-order chi connectivity index (χ0) is 22.5. The van der Waals surface area contributed by atoms with Crippen LogP contribution in [0.3, 0.4) is 0 Å². The van der Waals surface area contributed by atoms with E-state index in [0.29, 0.717) is 41.3 Å². The lowest BCUT2D eigenvalue weighted by atomic mass is 9.99. The molecule has 0 spiro atoms. The minimum Gasteiger partial charge on any atom is -0.381 e. The van der Waals surface area contributed by atoms with Crippen LogP contribution in [0.5, 0.6) is 0 Å². The number of fused-ring (bicyclic) bond motifs is 2. The SMILES string of the molecule is CC1CCN(c2nc(-n3cnc4ccc(Cl)cc43)nc3c2[nH]c(=O)n3C2CCOCC2)CC1. The second-order valence-corrected chi connectivity index (χ2v) is 9.54. The summed E-state index contributed by atoms with van der Waals surface area (Å²) >= 11 is 6.27. The first-order valence-electron chi connectivity index (χ1n) is 11.6. The molecule has 2 saturated heterocycles. The Morgan fingerprint density at radius 3 is 2.70 bits per heavy atom. The lowest BCUT2D eigenvalue weighted by Gasteiger charge is -2.31. The number of anilines is 1. The fraction of sp³-hybridized carbons (Fsp3) is 0.478. The van der Waals surface area contributed by atoms with Crippen LogP contribution < -0.4 is 10.6 Å². The summed E-state index contributed by atoms with van der Waals surface area (Å²) in [6.07, 6.45) is 5.47. The lowest BCUT2D eigenvalue weighted by molar-refractivity contribution is 0.0697. The van der Waals surface area contributed by atoms with Gasteiger partial charge in [0.2, 0.25) is 5.95 Å². The van der Waals surface area contributed by atoms with Crippen molar-refractivity contribution < 1.29 is 4.74 Å². The number of hydrogen-bond donors (Lipinski definition) is 1. The summed E-state index contributed by atoms with van der Waals surface area (Å²) in [7, 11) is 0. The largest absolute Gasteiger partial charge is 0.381 e. The molecule has 5 heterocycles. The number of nitrogens with one attached hydrogen (secondary N) is 1. The Kier molecular flexibility index (Phi) is 5.10. The average Bonchev–Trinajstić information content (AvgIpc) is 3.39.